The van der Waals surface area contributed by atoms with Crippen molar-refractivity contribution in [3.8, 4) is 5.75 Å². The van der Waals surface area contributed by atoms with Crippen LogP contribution in [0.5, 0.6) is 5.75 Å². The molecule has 11 heteroatoms. The first-order valence-electron chi connectivity index (χ1n) is 8.91. The van der Waals surface area contributed by atoms with Crippen LogP contribution in [0.25, 0.3) is 0 Å². The highest BCUT2D eigenvalue weighted by Gasteiger charge is 2.29. The summed E-state index contributed by atoms with van der Waals surface area (Å²) >= 11 is 0. The predicted octanol–water partition coefficient (Wildman–Crippen LogP) is -0.813. The van der Waals surface area contributed by atoms with Gasteiger partial charge in [-0.25, -0.2) is 4.98 Å². The van der Waals surface area contributed by atoms with Gasteiger partial charge in [0.05, 0.1) is 25.4 Å². The van der Waals surface area contributed by atoms with Gasteiger partial charge in [0.15, 0.2) is 0 Å². The Morgan fingerprint density at radius 3 is 2.55 bits per heavy atom. The number of aromatic nitrogens is 2. The van der Waals surface area contributed by atoms with E-state index in [2.05, 4.69) is 20.6 Å². The number of benzene rings is 1. The predicted molar refractivity (Wildman–Crippen MR) is 104 cm³/mol. The zero-order valence-corrected chi connectivity index (χ0v) is 15.9. The maximum atomic E-state index is 12.5. The number of carbonyl (C=O) groups is 2. The number of hydrogen-bond acceptors (Lipinski definition) is 8. The second-order valence-electron chi connectivity index (χ2n) is 6.05. The van der Waals surface area contributed by atoms with E-state index in [1.165, 1.54) is 25.7 Å². The third-order valence-electron chi connectivity index (χ3n) is 3.88. The maximum Gasteiger partial charge on any atom is 0.475 e. The summed E-state index contributed by atoms with van der Waals surface area (Å²) in [6.45, 7) is 0.0279. The van der Waals surface area contributed by atoms with Crippen molar-refractivity contribution >= 4 is 18.9 Å². The fourth-order valence-corrected chi connectivity index (χ4v) is 2.40. The summed E-state index contributed by atoms with van der Waals surface area (Å²) in [5, 5.41) is 24.1. The van der Waals surface area contributed by atoms with Gasteiger partial charge in [-0.15, -0.1) is 0 Å². The van der Waals surface area contributed by atoms with Crippen LogP contribution in [0.4, 0.5) is 0 Å². The van der Waals surface area contributed by atoms with E-state index in [4.69, 9.17) is 9.47 Å². The molecule has 0 saturated heterocycles. The van der Waals surface area contributed by atoms with E-state index in [0.717, 1.165) is 0 Å². The van der Waals surface area contributed by atoms with Crippen molar-refractivity contribution in [3.63, 3.8) is 0 Å². The van der Waals surface area contributed by atoms with Gasteiger partial charge < -0.3 is 30.2 Å². The SMILES string of the molecule is COC[C@@H](NC(=O)c1cnccn1)C(=O)N[C@@H](CCOc1ccccc1)B(O)O. The van der Waals surface area contributed by atoms with Gasteiger partial charge in [0.1, 0.15) is 17.5 Å². The molecule has 0 unspecified atom stereocenters. The van der Waals surface area contributed by atoms with Gasteiger partial charge in [-0.3, -0.25) is 14.6 Å². The molecule has 0 fully saturated rings. The lowest BCUT2D eigenvalue weighted by Crippen LogP contribution is -2.55. The van der Waals surface area contributed by atoms with E-state index >= 15 is 0 Å². The summed E-state index contributed by atoms with van der Waals surface area (Å²) in [4.78, 5) is 32.4. The number of amides is 2. The van der Waals surface area contributed by atoms with Crippen molar-refractivity contribution in [2.75, 3.05) is 20.3 Å². The number of methoxy groups -OCH3 is 1. The number of hydrogen-bond donors (Lipinski definition) is 4. The van der Waals surface area contributed by atoms with Crippen molar-refractivity contribution in [2.24, 2.45) is 0 Å². The van der Waals surface area contributed by atoms with E-state index in [9.17, 15) is 19.6 Å². The molecular weight excluding hydrogens is 379 g/mol. The molecule has 2 atom stereocenters. The first-order chi connectivity index (χ1) is 14.0. The summed E-state index contributed by atoms with van der Waals surface area (Å²) in [7, 11) is -0.432. The number of nitrogens with one attached hydrogen (secondary N) is 2. The van der Waals surface area contributed by atoms with Crippen molar-refractivity contribution in [2.45, 2.75) is 18.4 Å². The Morgan fingerprint density at radius 2 is 1.93 bits per heavy atom. The molecule has 2 amide bonds. The lowest BCUT2D eigenvalue weighted by Gasteiger charge is -2.22. The Bertz CT molecular complexity index is 765. The summed E-state index contributed by atoms with van der Waals surface area (Å²) in [5.74, 6) is -1.62. The van der Waals surface area contributed by atoms with Gasteiger partial charge >= 0.3 is 7.12 Å². The molecule has 1 aromatic heterocycles. The molecule has 2 aromatic rings. The second-order valence-corrected chi connectivity index (χ2v) is 6.05. The Hall–Kier alpha value is -3.02. The Kier molecular flexibility index (Phi) is 9.02. The fraction of sp³-hybridized carbons (Fsp3) is 0.333. The van der Waals surface area contributed by atoms with Crippen molar-refractivity contribution in [1.29, 1.82) is 0 Å². The molecule has 0 bridgehead atoms. The molecular formula is C18H23BN4O6. The van der Waals surface area contributed by atoms with Gasteiger partial charge in [0.25, 0.3) is 5.91 Å². The quantitative estimate of drug-likeness (QED) is 0.358. The van der Waals surface area contributed by atoms with Gasteiger partial charge in [-0.05, 0) is 12.1 Å². The summed E-state index contributed by atoms with van der Waals surface area (Å²) in [5.41, 5.74) is 0.0383. The summed E-state index contributed by atoms with van der Waals surface area (Å²) < 4.78 is 10.5. The number of para-hydroxylation sites is 1. The minimum absolute atomic E-state index is 0.0383. The Labute approximate surface area is 168 Å². The highest BCUT2D eigenvalue weighted by atomic mass is 16.5. The van der Waals surface area contributed by atoms with Crippen molar-refractivity contribution < 1.29 is 29.1 Å². The largest absolute Gasteiger partial charge is 0.494 e. The van der Waals surface area contributed by atoms with Crippen molar-refractivity contribution in [1.82, 2.24) is 20.6 Å². The van der Waals surface area contributed by atoms with Crippen LogP contribution < -0.4 is 15.4 Å². The smallest absolute Gasteiger partial charge is 0.475 e. The van der Waals surface area contributed by atoms with Crippen LogP contribution in [0.2, 0.25) is 0 Å². The number of rotatable bonds is 11. The molecule has 10 nitrogen and oxygen atoms in total. The molecule has 29 heavy (non-hydrogen) atoms. The highest BCUT2D eigenvalue weighted by Crippen LogP contribution is 2.09. The molecule has 4 N–H and O–H groups in total. The zero-order chi connectivity index (χ0) is 21.1. The van der Waals surface area contributed by atoms with Crippen LogP contribution in [-0.2, 0) is 9.53 Å². The van der Waals surface area contributed by atoms with Crippen LogP contribution in [0, 0.1) is 0 Å². The molecule has 0 aliphatic rings. The van der Waals surface area contributed by atoms with E-state index in [0.29, 0.717) is 5.75 Å². The minimum atomic E-state index is -1.81. The minimum Gasteiger partial charge on any atom is -0.494 e. The Morgan fingerprint density at radius 1 is 1.17 bits per heavy atom. The lowest BCUT2D eigenvalue weighted by atomic mass is 9.77. The van der Waals surface area contributed by atoms with E-state index < -0.39 is 30.9 Å². The molecule has 2 rings (SSSR count). The Balaban J connectivity index is 1.92. The molecule has 154 valence electrons. The van der Waals surface area contributed by atoms with Crippen LogP contribution >= 0.6 is 0 Å². The van der Waals surface area contributed by atoms with Gasteiger partial charge in [0, 0.05) is 25.9 Å². The monoisotopic (exact) mass is 402 g/mol. The zero-order valence-electron chi connectivity index (χ0n) is 15.9. The van der Waals surface area contributed by atoms with Crippen LogP contribution in [0.3, 0.4) is 0 Å². The standard InChI is InChI=1S/C18H23BN4O6/c1-28-12-15(22-17(24)14-11-20-8-9-21-14)18(25)23-16(19(26)27)7-10-29-13-5-3-2-4-6-13/h2-6,8-9,11,15-16,26-27H,7,10,12H2,1H3,(H,22,24)(H,23,25)/t15-,16+/m1/s1. The second kappa shape index (κ2) is 11.7. The maximum absolute atomic E-state index is 12.5. The third-order valence-corrected chi connectivity index (χ3v) is 3.88. The first kappa shape index (κ1) is 22.3. The lowest BCUT2D eigenvalue weighted by molar-refractivity contribution is -0.124. The molecule has 0 saturated carbocycles. The average Bonchev–Trinajstić information content (AvgIpc) is 2.73. The fourth-order valence-electron chi connectivity index (χ4n) is 2.40. The van der Waals surface area contributed by atoms with E-state index in [-0.39, 0.29) is 25.3 Å². The molecule has 1 heterocycles. The average molecular weight is 402 g/mol. The van der Waals surface area contributed by atoms with E-state index in [1.807, 2.05) is 18.2 Å². The van der Waals surface area contributed by atoms with Crippen LogP contribution in [-0.4, -0.2) is 71.3 Å². The molecule has 0 spiro atoms. The number of ether oxygens (including phenoxy) is 2. The van der Waals surface area contributed by atoms with Gasteiger partial charge in [-0.2, -0.15) is 0 Å². The summed E-state index contributed by atoms with van der Waals surface area (Å²) in [6.07, 6.45) is 4.17. The third kappa shape index (κ3) is 7.49. The molecule has 1 aromatic carbocycles. The molecule has 0 aliphatic carbocycles. The molecule has 0 radical (unpaired) electrons. The first-order valence-corrected chi connectivity index (χ1v) is 8.91. The van der Waals surface area contributed by atoms with Crippen LogP contribution in [0.1, 0.15) is 16.9 Å². The van der Waals surface area contributed by atoms with E-state index in [1.54, 1.807) is 12.1 Å². The molecule has 0 aliphatic heterocycles. The van der Waals surface area contributed by atoms with Gasteiger partial charge in [-0.1, -0.05) is 18.2 Å². The van der Waals surface area contributed by atoms with Crippen molar-refractivity contribution in [3.05, 3.63) is 54.6 Å². The topological polar surface area (TPSA) is 143 Å². The summed E-state index contributed by atoms with van der Waals surface area (Å²) in [6, 6.07) is 7.93. The van der Waals surface area contributed by atoms with Crippen LogP contribution in [0.15, 0.2) is 48.9 Å². The number of nitrogens with zero attached hydrogens (tertiary/aromatic N) is 2. The number of carbonyl (C=O) groups excluding carboxylic acids is 2. The highest BCUT2D eigenvalue weighted by molar-refractivity contribution is 6.43. The normalized spacial score (nSPS) is 12.5. The van der Waals surface area contributed by atoms with Gasteiger partial charge in [0.2, 0.25) is 5.91 Å².